The van der Waals surface area contributed by atoms with E-state index in [2.05, 4.69) is 6.92 Å². The van der Waals surface area contributed by atoms with Gasteiger partial charge in [-0.15, -0.1) is 0 Å². The van der Waals surface area contributed by atoms with Crippen molar-refractivity contribution >= 4 is 22.6 Å². The summed E-state index contributed by atoms with van der Waals surface area (Å²) >= 11 is 1.30. The van der Waals surface area contributed by atoms with Gasteiger partial charge in [-0.3, -0.25) is 0 Å². The predicted octanol–water partition coefficient (Wildman–Crippen LogP) is 10.8. The number of unbranched alkanes of at least 4 members (excludes halogenated alkanes) is 12. The summed E-state index contributed by atoms with van der Waals surface area (Å²) in [5.41, 5.74) is 0. The monoisotopic (exact) mass is 634 g/mol. The van der Waals surface area contributed by atoms with Crippen LogP contribution in [0.2, 0.25) is 0 Å². The summed E-state index contributed by atoms with van der Waals surface area (Å²) in [7, 11) is 0. The highest BCUT2D eigenvalue weighted by atomic mass is 127. The van der Waals surface area contributed by atoms with Gasteiger partial charge in [-0.2, -0.15) is 48.3 Å². The second-order valence-electron chi connectivity index (χ2n) is 8.76. The first-order valence-corrected chi connectivity index (χ1v) is 12.9. The largest absolute Gasteiger partial charge is 0.460 e. The average molecular weight is 634 g/mol. The van der Waals surface area contributed by atoms with Crippen LogP contribution in [-0.4, -0.2) is 33.8 Å². The fraction of sp³-hybridized carbons (Fsp3) is 1.00. The van der Waals surface area contributed by atoms with Gasteiger partial charge in [-0.05, 0) is 6.42 Å². The summed E-state index contributed by atoms with van der Waals surface area (Å²) in [5, 5.41) is 0. The maximum Gasteiger partial charge on any atom is 0.460 e. The highest BCUT2D eigenvalue weighted by molar-refractivity contribution is 14.1. The lowest BCUT2D eigenvalue weighted by Gasteiger charge is -2.37. The molecule has 1 unspecified atom stereocenters. The molecule has 0 saturated heterocycles. The molecule has 0 aromatic carbocycles. The van der Waals surface area contributed by atoms with Gasteiger partial charge in [0.05, 0.1) is 0 Å². The molecule has 0 aromatic heterocycles. The molecular weight excluding hydrogens is 600 g/mol. The van der Waals surface area contributed by atoms with Crippen LogP contribution in [0, 0.1) is 0 Å². The van der Waals surface area contributed by atoms with Crippen molar-refractivity contribution in [1.82, 2.24) is 0 Å². The van der Waals surface area contributed by atoms with E-state index in [-0.39, 0.29) is 6.42 Å². The number of hydrogen-bond donors (Lipinski definition) is 0. The summed E-state index contributed by atoms with van der Waals surface area (Å²) in [5.74, 6) is -27.3. The van der Waals surface area contributed by atoms with Crippen molar-refractivity contribution in [2.45, 2.75) is 137 Å². The summed E-state index contributed by atoms with van der Waals surface area (Å²) in [6.07, 6.45) is 3.94. The quantitative estimate of drug-likeness (QED) is 0.0574. The highest BCUT2D eigenvalue weighted by Crippen LogP contribution is 2.58. The first-order valence-electron chi connectivity index (χ1n) is 11.7. The molecule has 1 atom stereocenters. The predicted molar refractivity (Wildman–Crippen MR) is 119 cm³/mol. The fourth-order valence-electron chi connectivity index (χ4n) is 3.50. The van der Waals surface area contributed by atoms with Gasteiger partial charge >= 0.3 is 29.9 Å². The SMILES string of the molecule is CCCCCCCCCCCCCCCC(I)CC(F)(F)C(F)(F)C(F)(F)C(F)(F)C(F)(F)F. The molecule has 0 saturated carbocycles. The van der Waals surface area contributed by atoms with E-state index in [0.29, 0.717) is 12.8 Å². The minimum Gasteiger partial charge on any atom is -0.200 e. The van der Waals surface area contributed by atoms with Crippen molar-refractivity contribution in [3.63, 3.8) is 0 Å². The number of hydrogen-bond acceptors (Lipinski definition) is 0. The van der Waals surface area contributed by atoms with Crippen LogP contribution in [0.15, 0.2) is 0 Å². The van der Waals surface area contributed by atoms with Gasteiger partial charge in [0, 0.05) is 10.3 Å². The van der Waals surface area contributed by atoms with E-state index in [9.17, 15) is 48.3 Å². The lowest BCUT2D eigenvalue weighted by Crippen LogP contribution is -2.66. The Bertz CT molecular complexity index is 547. The third-order valence-corrected chi connectivity index (χ3v) is 6.77. The van der Waals surface area contributed by atoms with E-state index in [0.717, 1.165) is 32.1 Å². The summed E-state index contributed by atoms with van der Waals surface area (Å²) in [6, 6.07) is 0. The van der Waals surface area contributed by atoms with Crippen LogP contribution in [0.4, 0.5) is 48.3 Å². The Morgan fingerprint density at radius 2 is 0.853 bits per heavy atom. The first kappa shape index (κ1) is 34.0. The van der Waals surface area contributed by atoms with Crippen molar-refractivity contribution in [2.24, 2.45) is 0 Å². The highest BCUT2D eigenvalue weighted by Gasteiger charge is 2.86. The zero-order valence-electron chi connectivity index (χ0n) is 19.2. The Hall–Kier alpha value is -0.0400. The lowest BCUT2D eigenvalue weighted by molar-refractivity contribution is -0.422. The normalized spacial score (nSPS) is 15.1. The first-order chi connectivity index (χ1) is 15.5. The molecule has 0 aromatic rings. The van der Waals surface area contributed by atoms with Crippen LogP contribution < -0.4 is 0 Å². The molecule has 0 heterocycles. The van der Waals surface area contributed by atoms with Gasteiger partial charge < -0.3 is 0 Å². The van der Waals surface area contributed by atoms with E-state index in [1.165, 1.54) is 61.1 Å². The van der Waals surface area contributed by atoms with Crippen LogP contribution in [0.3, 0.4) is 0 Å². The van der Waals surface area contributed by atoms with Gasteiger partial charge in [0.25, 0.3) is 0 Å². The molecule has 34 heavy (non-hydrogen) atoms. The van der Waals surface area contributed by atoms with Crippen LogP contribution >= 0.6 is 22.6 Å². The molecule has 0 rings (SSSR count). The topological polar surface area (TPSA) is 0 Å². The lowest BCUT2D eigenvalue weighted by atomic mass is 9.94. The van der Waals surface area contributed by atoms with E-state index < -0.39 is 40.2 Å². The second-order valence-corrected chi connectivity index (χ2v) is 10.5. The molecule has 0 bridgehead atoms. The Morgan fingerprint density at radius 3 is 1.21 bits per heavy atom. The van der Waals surface area contributed by atoms with Crippen molar-refractivity contribution in [2.75, 3.05) is 0 Å². The molecule has 0 N–H and O–H groups in total. The molecule has 0 aliphatic rings. The Morgan fingerprint density at radius 1 is 0.500 bits per heavy atom. The second kappa shape index (κ2) is 14.6. The summed E-state index contributed by atoms with van der Waals surface area (Å²) < 4.78 is 142. The van der Waals surface area contributed by atoms with Gasteiger partial charge in [0.15, 0.2) is 0 Å². The molecule has 0 aliphatic carbocycles. The van der Waals surface area contributed by atoms with Gasteiger partial charge in [0.2, 0.25) is 0 Å². The van der Waals surface area contributed by atoms with E-state index >= 15 is 0 Å². The minimum atomic E-state index is -7.32. The molecule has 0 radical (unpaired) electrons. The van der Waals surface area contributed by atoms with Crippen LogP contribution in [0.5, 0.6) is 0 Å². The van der Waals surface area contributed by atoms with Crippen molar-refractivity contribution in [1.29, 1.82) is 0 Å². The van der Waals surface area contributed by atoms with E-state index in [4.69, 9.17) is 0 Å². The Kier molecular flexibility index (Phi) is 14.6. The van der Waals surface area contributed by atoms with Crippen molar-refractivity contribution in [3.05, 3.63) is 0 Å². The number of alkyl halides is 12. The Balaban J connectivity index is 4.33. The summed E-state index contributed by atoms with van der Waals surface area (Å²) in [4.78, 5) is 0. The molecule has 0 fully saturated rings. The average Bonchev–Trinajstić information content (AvgIpc) is 2.69. The van der Waals surface area contributed by atoms with Crippen LogP contribution in [0.25, 0.3) is 0 Å². The third kappa shape index (κ3) is 9.78. The van der Waals surface area contributed by atoms with Gasteiger partial charge in [-0.1, -0.05) is 113 Å². The van der Waals surface area contributed by atoms with E-state index in [1.54, 1.807) is 0 Å². The van der Waals surface area contributed by atoms with E-state index in [1.807, 2.05) is 0 Å². The maximum absolute atomic E-state index is 13.8. The summed E-state index contributed by atoms with van der Waals surface area (Å²) in [6.45, 7) is 2.15. The molecule has 206 valence electrons. The fourth-order valence-corrected chi connectivity index (χ4v) is 4.49. The van der Waals surface area contributed by atoms with Crippen molar-refractivity contribution < 1.29 is 48.3 Å². The maximum atomic E-state index is 13.8. The number of rotatable bonds is 19. The minimum absolute atomic E-state index is 0.0781. The van der Waals surface area contributed by atoms with Crippen LogP contribution in [-0.2, 0) is 0 Å². The molecular formula is C22H34F11I. The van der Waals surface area contributed by atoms with Gasteiger partial charge in [0.1, 0.15) is 0 Å². The zero-order valence-corrected chi connectivity index (χ0v) is 21.4. The molecule has 0 amide bonds. The molecule has 0 spiro atoms. The smallest absolute Gasteiger partial charge is 0.200 e. The van der Waals surface area contributed by atoms with Crippen LogP contribution in [0.1, 0.15) is 103 Å². The molecule has 12 heteroatoms. The van der Waals surface area contributed by atoms with Crippen molar-refractivity contribution in [3.8, 4) is 0 Å². The zero-order chi connectivity index (χ0) is 26.7. The van der Waals surface area contributed by atoms with Gasteiger partial charge in [-0.25, -0.2) is 0 Å². The third-order valence-electron chi connectivity index (χ3n) is 5.70. The Labute approximate surface area is 207 Å². The number of halogens is 12. The molecule has 0 nitrogen and oxygen atoms in total. The standard InChI is InChI=1S/C22H34F11I/c1-2-3-4-5-6-7-8-9-10-11-12-13-14-15-17(34)16-18(23,24)19(25,26)20(27,28)21(29,30)22(31,32)33/h17H,2-16H2,1H3. The molecule has 0 aliphatic heterocycles.